The maximum atomic E-state index is 13.1. The number of nitrogens with one attached hydrogen (secondary N) is 1. The Kier molecular flexibility index (Phi) is 2.83. The van der Waals surface area contributed by atoms with E-state index < -0.39 is 5.82 Å². The van der Waals surface area contributed by atoms with Crippen LogP contribution in [0.1, 0.15) is 5.89 Å². The fourth-order valence-electron chi connectivity index (χ4n) is 1.72. The second kappa shape index (κ2) is 4.51. The lowest BCUT2D eigenvalue weighted by molar-refractivity contribution is 0.561. The molecule has 0 aliphatic rings. The first kappa shape index (κ1) is 11.9. The van der Waals surface area contributed by atoms with Crippen molar-refractivity contribution in [2.75, 3.05) is 5.32 Å². The first-order valence-corrected chi connectivity index (χ1v) is 5.96. The lowest BCUT2D eigenvalue weighted by atomic mass is 10.3. The van der Waals surface area contributed by atoms with Gasteiger partial charge in [0.1, 0.15) is 11.6 Å². The van der Waals surface area contributed by atoms with Gasteiger partial charge in [-0.05, 0) is 30.3 Å². The minimum absolute atomic E-state index is 0.0587. The van der Waals surface area contributed by atoms with Crippen LogP contribution in [0.25, 0.3) is 11.2 Å². The second-order valence-electron chi connectivity index (χ2n) is 4.01. The van der Waals surface area contributed by atoms with Gasteiger partial charge in [0, 0.05) is 12.6 Å². The van der Waals surface area contributed by atoms with E-state index in [-0.39, 0.29) is 5.02 Å². The van der Waals surface area contributed by atoms with Gasteiger partial charge in [-0.1, -0.05) is 11.6 Å². The number of hydrogen-bond donors (Lipinski definition) is 1. The quantitative estimate of drug-likeness (QED) is 0.767. The van der Waals surface area contributed by atoms with Crippen molar-refractivity contribution in [2.45, 2.75) is 6.92 Å². The van der Waals surface area contributed by atoms with Crippen LogP contribution in [0.3, 0.4) is 0 Å². The van der Waals surface area contributed by atoms with E-state index in [1.807, 2.05) is 0 Å². The Morgan fingerprint density at radius 2 is 2.05 bits per heavy atom. The summed E-state index contributed by atoms with van der Waals surface area (Å²) in [6.07, 6.45) is 0. The molecule has 0 saturated carbocycles. The fraction of sp³-hybridized carbons (Fsp3) is 0.0769. The van der Waals surface area contributed by atoms with Gasteiger partial charge in [0.05, 0.1) is 5.02 Å². The number of aromatic nitrogens is 2. The van der Waals surface area contributed by atoms with Crippen LogP contribution < -0.4 is 5.32 Å². The molecule has 0 amide bonds. The Labute approximate surface area is 113 Å². The van der Waals surface area contributed by atoms with E-state index in [1.54, 1.807) is 25.1 Å². The molecule has 3 rings (SSSR count). The van der Waals surface area contributed by atoms with E-state index in [2.05, 4.69) is 15.3 Å². The van der Waals surface area contributed by atoms with Crippen molar-refractivity contribution in [3.63, 3.8) is 0 Å². The number of oxazole rings is 1. The third kappa shape index (κ3) is 2.37. The summed E-state index contributed by atoms with van der Waals surface area (Å²) in [6.45, 7) is 1.76. The summed E-state index contributed by atoms with van der Waals surface area (Å²) in [7, 11) is 0. The fourth-order valence-corrected chi connectivity index (χ4v) is 1.90. The van der Waals surface area contributed by atoms with Crippen LogP contribution in [0.5, 0.6) is 0 Å². The molecule has 1 aromatic carbocycles. The highest BCUT2D eigenvalue weighted by molar-refractivity contribution is 6.31. The molecule has 0 fully saturated rings. The number of halogens is 2. The van der Waals surface area contributed by atoms with Crippen LogP contribution in [0.2, 0.25) is 5.02 Å². The van der Waals surface area contributed by atoms with E-state index in [1.165, 1.54) is 12.1 Å². The molecule has 2 aromatic heterocycles. The molecular weight excluding hydrogens is 269 g/mol. The highest BCUT2D eigenvalue weighted by Crippen LogP contribution is 2.23. The summed E-state index contributed by atoms with van der Waals surface area (Å²) in [5.41, 5.74) is 1.80. The van der Waals surface area contributed by atoms with Crippen molar-refractivity contribution < 1.29 is 8.81 Å². The first-order chi connectivity index (χ1) is 9.11. The average molecular weight is 278 g/mol. The zero-order valence-corrected chi connectivity index (χ0v) is 10.7. The van der Waals surface area contributed by atoms with Gasteiger partial charge in [0.2, 0.25) is 5.65 Å². The van der Waals surface area contributed by atoms with Gasteiger partial charge in [-0.3, -0.25) is 0 Å². The van der Waals surface area contributed by atoms with Gasteiger partial charge in [0.25, 0.3) is 0 Å². The van der Waals surface area contributed by atoms with Gasteiger partial charge in [0.15, 0.2) is 11.5 Å². The summed E-state index contributed by atoms with van der Waals surface area (Å²) in [4.78, 5) is 8.43. The smallest absolute Gasteiger partial charge is 0.200 e. The van der Waals surface area contributed by atoms with Crippen LogP contribution >= 0.6 is 11.6 Å². The van der Waals surface area contributed by atoms with Crippen LogP contribution in [0.4, 0.5) is 15.9 Å². The maximum Gasteiger partial charge on any atom is 0.200 e. The second-order valence-corrected chi connectivity index (χ2v) is 4.41. The molecule has 1 N–H and O–H groups in total. The van der Waals surface area contributed by atoms with Gasteiger partial charge < -0.3 is 9.73 Å². The molecule has 0 aliphatic carbocycles. The normalized spacial score (nSPS) is 10.9. The number of aryl methyl sites for hydroxylation is 1. The molecule has 0 spiro atoms. The molecule has 0 unspecified atom stereocenters. The number of anilines is 2. The number of pyridine rings is 1. The van der Waals surface area contributed by atoms with Crippen molar-refractivity contribution >= 4 is 34.3 Å². The van der Waals surface area contributed by atoms with Crippen molar-refractivity contribution in [1.29, 1.82) is 0 Å². The van der Waals surface area contributed by atoms with E-state index in [0.29, 0.717) is 28.6 Å². The molecule has 0 saturated heterocycles. The Morgan fingerprint density at radius 1 is 1.21 bits per heavy atom. The largest absolute Gasteiger partial charge is 0.439 e. The first-order valence-electron chi connectivity index (χ1n) is 5.58. The summed E-state index contributed by atoms with van der Waals surface area (Å²) < 4.78 is 18.4. The number of nitrogens with zero attached hydrogens (tertiary/aromatic N) is 2. The number of hydrogen-bond acceptors (Lipinski definition) is 4. The Hall–Kier alpha value is -2.14. The molecule has 0 aliphatic heterocycles. The number of fused-ring (bicyclic) bond motifs is 1. The van der Waals surface area contributed by atoms with Crippen molar-refractivity contribution in [3.05, 3.63) is 47.1 Å². The summed E-state index contributed by atoms with van der Waals surface area (Å²) in [5.74, 6) is 0.690. The summed E-state index contributed by atoms with van der Waals surface area (Å²) in [6, 6.07) is 7.90. The van der Waals surface area contributed by atoms with Gasteiger partial charge in [-0.2, -0.15) is 4.98 Å². The molecule has 2 heterocycles. The van der Waals surface area contributed by atoms with Gasteiger partial charge >= 0.3 is 0 Å². The van der Waals surface area contributed by atoms with E-state index in [4.69, 9.17) is 16.0 Å². The maximum absolute atomic E-state index is 13.1. The predicted octanol–water partition coefficient (Wildman–Crippen LogP) is 4.07. The van der Waals surface area contributed by atoms with Crippen LogP contribution in [0.15, 0.2) is 34.7 Å². The molecule has 3 aromatic rings. The Balaban J connectivity index is 1.93. The Morgan fingerprint density at radius 3 is 2.84 bits per heavy atom. The lowest BCUT2D eigenvalue weighted by Crippen LogP contribution is -1.94. The number of benzene rings is 1. The molecule has 4 nitrogen and oxygen atoms in total. The summed E-state index contributed by atoms with van der Waals surface area (Å²) in [5, 5.41) is 3.09. The van der Waals surface area contributed by atoms with Gasteiger partial charge in [-0.15, -0.1) is 0 Å². The van der Waals surface area contributed by atoms with Crippen molar-refractivity contribution in [1.82, 2.24) is 9.97 Å². The lowest BCUT2D eigenvalue weighted by Gasteiger charge is -2.05. The average Bonchev–Trinajstić information content (AvgIpc) is 2.73. The van der Waals surface area contributed by atoms with E-state index >= 15 is 0 Å². The highest BCUT2D eigenvalue weighted by Gasteiger charge is 2.06. The van der Waals surface area contributed by atoms with Crippen molar-refractivity contribution in [3.8, 4) is 0 Å². The molecule has 6 heteroatoms. The molecule has 19 heavy (non-hydrogen) atoms. The topological polar surface area (TPSA) is 51.0 Å². The monoisotopic (exact) mass is 277 g/mol. The van der Waals surface area contributed by atoms with E-state index in [9.17, 15) is 4.39 Å². The molecular formula is C13H9ClFN3O. The molecule has 96 valence electrons. The SMILES string of the molecule is Cc1nc2nc(Nc3ccc(F)c(Cl)c3)ccc2o1. The van der Waals surface area contributed by atoms with Crippen molar-refractivity contribution in [2.24, 2.45) is 0 Å². The zero-order valence-electron chi connectivity index (χ0n) is 9.95. The predicted molar refractivity (Wildman–Crippen MR) is 71.2 cm³/mol. The third-order valence-electron chi connectivity index (χ3n) is 2.55. The third-order valence-corrected chi connectivity index (χ3v) is 2.84. The Bertz CT molecular complexity index is 757. The molecule has 0 atom stereocenters. The van der Waals surface area contributed by atoms with E-state index in [0.717, 1.165) is 0 Å². The van der Waals surface area contributed by atoms with Gasteiger partial charge in [-0.25, -0.2) is 9.37 Å². The minimum atomic E-state index is -0.456. The van der Waals surface area contributed by atoms with Crippen LogP contribution in [0, 0.1) is 12.7 Å². The molecule has 0 radical (unpaired) electrons. The number of rotatable bonds is 2. The van der Waals surface area contributed by atoms with Crippen LogP contribution in [-0.2, 0) is 0 Å². The van der Waals surface area contributed by atoms with Crippen LogP contribution in [-0.4, -0.2) is 9.97 Å². The summed E-state index contributed by atoms with van der Waals surface area (Å²) >= 11 is 5.72. The highest BCUT2D eigenvalue weighted by atomic mass is 35.5. The minimum Gasteiger partial charge on any atom is -0.439 e. The standard InChI is InChI=1S/C13H9ClFN3O/c1-7-16-13-11(19-7)4-5-12(18-13)17-8-2-3-10(15)9(14)6-8/h2-6H,1H3,(H,17,18). The molecule has 0 bridgehead atoms. The zero-order chi connectivity index (χ0) is 13.4.